The molecule has 0 atom stereocenters. The standard InChI is InChI=1S/C17H11Cl2NO3/c18-12-6-5-10(13(19)9-12)7-11(8-16(21)22)17-20-14-3-1-2-4-15(14)23-17/h1-7,9H,8H2,(H,21,22)/b11-7+. The van der Waals surface area contributed by atoms with Crippen LogP contribution in [0.15, 0.2) is 46.9 Å². The molecule has 0 saturated heterocycles. The molecule has 0 unspecified atom stereocenters. The number of carbonyl (C=O) groups is 1. The summed E-state index contributed by atoms with van der Waals surface area (Å²) in [6, 6.07) is 12.2. The summed E-state index contributed by atoms with van der Waals surface area (Å²) >= 11 is 12.0. The van der Waals surface area contributed by atoms with E-state index in [1.54, 1.807) is 36.4 Å². The number of halogens is 2. The van der Waals surface area contributed by atoms with E-state index in [4.69, 9.17) is 32.7 Å². The van der Waals surface area contributed by atoms with Gasteiger partial charge in [-0.1, -0.05) is 41.4 Å². The SMILES string of the molecule is O=C(O)C/C(=C\c1ccc(Cl)cc1Cl)c1nc2ccccc2o1. The van der Waals surface area contributed by atoms with Gasteiger partial charge in [0.1, 0.15) is 5.52 Å². The van der Waals surface area contributed by atoms with E-state index in [0.717, 1.165) is 0 Å². The van der Waals surface area contributed by atoms with Gasteiger partial charge in [0.25, 0.3) is 0 Å². The lowest BCUT2D eigenvalue weighted by Gasteiger charge is -2.03. The number of aromatic nitrogens is 1. The van der Waals surface area contributed by atoms with Gasteiger partial charge in [-0.2, -0.15) is 0 Å². The predicted molar refractivity (Wildman–Crippen MR) is 90.6 cm³/mol. The summed E-state index contributed by atoms with van der Waals surface area (Å²) in [5.74, 6) is -0.719. The van der Waals surface area contributed by atoms with Crippen LogP contribution in [0.5, 0.6) is 0 Å². The molecule has 0 aliphatic rings. The number of oxazole rings is 1. The molecule has 116 valence electrons. The Bertz CT molecular complexity index is 882. The molecule has 23 heavy (non-hydrogen) atoms. The van der Waals surface area contributed by atoms with Crippen LogP contribution >= 0.6 is 23.2 Å². The first-order valence-electron chi connectivity index (χ1n) is 6.76. The maximum Gasteiger partial charge on any atom is 0.308 e. The van der Waals surface area contributed by atoms with E-state index in [1.807, 2.05) is 12.1 Å². The fourth-order valence-corrected chi connectivity index (χ4v) is 2.63. The minimum Gasteiger partial charge on any atom is -0.481 e. The van der Waals surface area contributed by atoms with Crippen molar-refractivity contribution in [3.8, 4) is 0 Å². The Balaban J connectivity index is 2.09. The van der Waals surface area contributed by atoms with Crippen molar-refractivity contribution in [1.82, 2.24) is 4.98 Å². The molecule has 0 amide bonds. The van der Waals surface area contributed by atoms with E-state index in [9.17, 15) is 4.79 Å². The molecule has 1 aromatic heterocycles. The van der Waals surface area contributed by atoms with E-state index in [2.05, 4.69) is 4.98 Å². The van der Waals surface area contributed by atoms with E-state index in [-0.39, 0.29) is 12.3 Å². The highest BCUT2D eigenvalue weighted by Gasteiger charge is 2.15. The van der Waals surface area contributed by atoms with Crippen LogP contribution in [-0.2, 0) is 4.79 Å². The molecule has 0 radical (unpaired) electrons. The fourth-order valence-electron chi connectivity index (χ4n) is 2.17. The number of carboxylic acid groups (broad SMARTS) is 1. The molecule has 2 aromatic carbocycles. The third-order valence-corrected chi connectivity index (χ3v) is 3.76. The maximum absolute atomic E-state index is 11.2. The first-order valence-corrected chi connectivity index (χ1v) is 7.52. The van der Waals surface area contributed by atoms with Gasteiger partial charge >= 0.3 is 5.97 Å². The normalized spacial score (nSPS) is 11.8. The lowest BCUT2D eigenvalue weighted by Crippen LogP contribution is -1.97. The van der Waals surface area contributed by atoms with Crippen molar-refractivity contribution in [3.05, 3.63) is 64.0 Å². The molecule has 4 nitrogen and oxygen atoms in total. The number of fused-ring (bicyclic) bond motifs is 1. The number of aliphatic carboxylic acids is 1. The number of hydrogen-bond donors (Lipinski definition) is 1. The molecule has 0 bridgehead atoms. The molecular formula is C17H11Cl2NO3. The van der Waals surface area contributed by atoms with Gasteiger partial charge in [0.2, 0.25) is 5.89 Å². The molecule has 3 aromatic rings. The van der Waals surface area contributed by atoms with Crippen LogP contribution in [0, 0.1) is 0 Å². The van der Waals surface area contributed by atoms with Gasteiger partial charge in [-0.15, -0.1) is 0 Å². The number of hydrogen-bond acceptors (Lipinski definition) is 3. The molecular weight excluding hydrogens is 337 g/mol. The van der Waals surface area contributed by atoms with Crippen LogP contribution in [0.4, 0.5) is 0 Å². The maximum atomic E-state index is 11.2. The van der Waals surface area contributed by atoms with Crippen LogP contribution in [0.2, 0.25) is 10.0 Å². The van der Waals surface area contributed by atoms with Crippen molar-refractivity contribution in [1.29, 1.82) is 0 Å². The van der Waals surface area contributed by atoms with Crippen LogP contribution in [0.1, 0.15) is 17.9 Å². The van der Waals surface area contributed by atoms with Gasteiger partial charge in [-0.05, 0) is 35.9 Å². The minimum atomic E-state index is -0.983. The second kappa shape index (κ2) is 6.44. The van der Waals surface area contributed by atoms with E-state index in [0.29, 0.717) is 32.3 Å². The highest BCUT2D eigenvalue weighted by Crippen LogP contribution is 2.29. The first kappa shape index (κ1) is 15.6. The molecule has 0 fully saturated rings. The monoisotopic (exact) mass is 347 g/mol. The quantitative estimate of drug-likeness (QED) is 0.708. The summed E-state index contributed by atoms with van der Waals surface area (Å²) in [5.41, 5.74) is 2.34. The van der Waals surface area contributed by atoms with Crippen LogP contribution in [0.3, 0.4) is 0 Å². The molecule has 0 saturated carbocycles. The molecule has 3 rings (SSSR count). The van der Waals surface area contributed by atoms with Crippen molar-refractivity contribution in [2.24, 2.45) is 0 Å². The highest BCUT2D eigenvalue weighted by molar-refractivity contribution is 6.35. The Morgan fingerprint density at radius 1 is 1.22 bits per heavy atom. The zero-order chi connectivity index (χ0) is 16.4. The zero-order valence-electron chi connectivity index (χ0n) is 11.8. The van der Waals surface area contributed by atoms with Crippen LogP contribution in [0.25, 0.3) is 22.7 Å². The molecule has 0 aliphatic carbocycles. The van der Waals surface area contributed by atoms with Gasteiger partial charge in [0.15, 0.2) is 5.58 Å². The fraction of sp³-hybridized carbons (Fsp3) is 0.0588. The van der Waals surface area contributed by atoms with Gasteiger partial charge in [0, 0.05) is 15.6 Å². The van der Waals surface area contributed by atoms with Gasteiger partial charge in [-0.25, -0.2) is 4.98 Å². The lowest BCUT2D eigenvalue weighted by molar-refractivity contribution is -0.135. The van der Waals surface area contributed by atoms with E-state index in [1.165, 1.54) is 0 Å². The van der Waals surface area contributed by atoms with Crippen molar-refractivity contribution >= 4 is 51.9 Å². The van der Waals surface area contributed by atoms with Crippen molar-refractivity contribution in [2.75, 3.05) is 0 Å². The van der Waals surface area contributed by atoms with Gasteiger partial charge < -0.3 is 9.52 Å². The average molecular weight is 348 g/mol. The predicted octanol–water partition coefficient (Wildman–Crippen LogP) is 5.15. The number of nitrogens with zero attached hydrogens (tertiary/aromatic N) is 1. The largest absolute Gasteiger partial charge is 0.481 e. The van der Waals surface area contributed by atoms with Crippen molar-refractivity contribution < 1.29 is 14.3 Å². The summed E-state index contributed by atoms with van der Waals surface area (Å²) in [4.78, 5) is 15.5. The first-order chi connectivity index (χ1) is 11.0. The summed E-state index contributed by atoms with van der Waals surface area (Å²) in [6.07, 6.45) is 1.42. The van der Waals surface area contributed by atoms with Crippen molar-refractivity contribution in [2.45, 2.75) is 6.42 Å². The number of para-hydroxylation sites is 2. The summed E-state index contributed by atoms with van der Waals surface area (Å²) in [7, 11) is 0. The van der Waals surface area contributed by atoms with Gasteiger partial charge in [0.05, 0.1) is 6.42 Å². The Kier molecular flexibility index (Phi) is 4.37. The lowest BCUT2D eigenvalue weighted by atomic mass is 10.1. The average Bonchev–Trinajstić information content (AvgIpc) is 2.92. The Labute approximate surface area is 142 Å². The molecule has 1 N–H and O–H groups in total. The summed E-state index contributed by atoms with van der Waals surface area (Å²) in [6.45, 7) is 0. The van der Waals surface area contributed by atoms with E-state index < -0.39 is 5.97 Å². The van der Waals surface area contributed by atoms with Crippen LogP contribution in [-0.4, -0.2) is 16.1 Å². The van der Waals surface area contributed by atoms with Gasteiger partial charge in [-0.3, -0.25) is 4.79 Å². The molecule has 6 heteroatoms. The van der Waals surface area contributed by atoms with E-state index >= 15 is 0 Å². The Morgan fingerprint density at radius 2 is 2.00 bits per heavy atom. The summed E-state index contributed by atoms with van der Waals surface area (Å²) < 4.78 is 5.65. The number of benzene rings is 2. The minimum absolute atomic E-state index is 0.230. The van der Waals surface area contributed by atoms with Crippen LogP contribution < -0.4 is 0 Å². The molecule has 0 aliphatic heterocycles. The highest BCUT2D eigenvalue weighted by atomic mass is 35.5. The summed E-state index contributed by atoms with van der Waals surface area (Å²) in [5, 5.41) is 10.1. The third-order valence-electron chi connectivity index (χ3n) is 3.20. The Morgan fingerprint density at radius 3 is 2.70 bits per heavy atom. The number of carboxylic acids is 1. The number of rotatable bonds is 4. The molecule has 0 spiro atoms. The topological polar surface area (TPSA) is 63.3 Å². The molecule has 1 heterocycles. The Hall–Kier alpha value is -2.30. The third kappa shape index (κ3) is 3.55. The zero-order valence-corrected chi connectivity index (χ0v) is 13.3. The smallest absolute Gasteiger partial charge is 0.308 e. The second-order valence-corrected chi connectivity index (χ2v) is 5.74. The van der Waals surface area contributed by atoms with Crippen molar-refractivity contribution in [3.63, 3.8) is 0 Å². The second-order valence-electron chi connectivity index (χ2n) is 4.89.